The monoisotopic (exact) mass is 297 g/mol. The van der Waals surface area contributed by atoms with Gasteiger partial charge in [0, 0.05) is 27.8 Å². The van der Waals surface area contributed by atoms with E-state index in [-0.39, 0.29) is 12.2 Å². The molecule has 5 nitrogen and oxygen atoms in total. The summed E-state index contributed by atoms with van der Waals surface area (Å²) in [6.07, 6.45) is 0.870. The second-order valence-corrected chi connectivity index (χ2v) is 5.60. The first kappa shape index (κ1) is 14.9. The highest BCUT2D eigenvalue weighted by Gasteiger charge is 2.41. The number of nitrogens with zero attached hydrogens (tertiary/aromatic N) is 1. The molecule has 1 aliphatic carbocycles. The van der Waals surface area contributed by atoms with Crippen LogP contribution in [0.5, 0.6) is 0 Å². The fourth-order valence-electron chi connectivity index (χ4n) is 2.77. The molecule has 3 unspecified atom stereocenters. The van der Waals surface area contributed by atoms with Crippen molar-refractivity contribution in [2.24, 2.45) is 5.92 Å². The topological polar surface area (TPSA) is 80.4 Å². The molecule has 1 aromatic carbocycles. The van der Waals surface area contributed by atoms with E-state index in [1.54, 1.807) is 24.3 Å². The van der Waals surface area contributed by atoms with Crippen LogP contribution in [0.4, 0.5) is 0 Å². The zero-order valence-electron chi connectivity index (χ0n) is 10.9. The van der Waals surface area contributed by atoms with Gasteiger partial charge >= 0.3 is 0 Å². The predicted molar refractivity (Wildman–Crippen MR) is 74.5 cm³/mol. The van der Waals surface area contributed by atoms with Crippen molar-refractivity contribution < 1.29 is 14.8 Å². The third kappa shape index (κ3) is 3.35. The molecule has 3 atom stereocenters. The van der Waals surface area contributed by atoms with Crippen LogP contribution in [0.2, 0.25) is 5.02 Å². The van der Waals surface area contributed by atoms with Crippen LogP contribution in [0.3, 0.4) is 0 Å². The number of Topliss-reactive ketones (excluding diaryl/α,β-unsaturated/α-hetero) is 1. The molecule has 0 aromatic heterocycles. The Morgan fingerprint density at radius 3 is 2.60 bits per heavy atom. The number of carbonyl (C=O) groups is 1. The zero-order valence-corrected chi connectivity index (χ0v) is 11.6. The molecule has 20 heavy (non-hydrogen) atoms. The van der Waals surface area contributed by atoms with Gasteiger partial charge in [-0.1, -0.05) is 18.0 Å². The Bertz CT molecular complexity index is 502. The number of benzene rings is 1. The minimum atomic E-state index is -1.04. The van der Waals surface area contributed by atoms with Gasteiger partial charge in [0.15, 0.2) is 5.78 Å². The quantitative estimate of drug-likeness (QED) is 0.526. The van der Waals surface area contributed by atoms with Crippen LogP contribution in [-0.2, 0) is 0 Å². The van der Waals surface area contributed by atoms with E-state index in [2.05, 4.69) is 0 Å². The van der Waals surface area contributed by atoms with Gasteiger partial charge in [0.1, 0.15) is 6.10 Å². The van der Waals surface area contributed by atoms with Crippen molar-refractivity contribution in [1.29, 1.82) is 0 Å². The molecular weight excluding hydrogens is 282 g/mol. The Kier molecular flexibility index (Phi) is 4.73. The third-order valence-electron chi connectivity index (χ3n) is 3.81. The number of halogens is 1. The van der Waals surface area contributed by atoms with Gasteiger partial charge in [-0.15, -0.1) is 0 Å². The molecule has 0 spiro atoms. The van der Waals surface area contributed by atoms with Crippen molar-refractivity contribution in [3.05, 3.63) is 45.0 Å². The van der Waals surface area contributed by atoms with E-state index in [0.717, 1.165) is 0 Å². The Labute approximate surface area is 121 Å². The van der Waals surface area contributed by atoms with E-state index < -0.39 is 23.0 Å². The highest BCUT2D eigenvalue weighted by molar-refractivity contribution is 6.30. The Hall–Kier alpha value is -1.46. The number of hydrogen-bond acceptors (Lipinski definition) is 4. The summed E-state index contributed by atoms with van der Waals surface area (Å²) in [7, 11) is 0. The van der Waals surface area contributed by atoms with Gasteiger partial charge in [0.25, 0.3) is 0 Å². The van der Waals surface area contributed by atoms with Crippen LogP contribution < -0.4 is 0 Å². The van der Waals surface area contributed by atoms with Gasteiger partial charge in [-0.2, -0.15) is 0 Å². The number of hydrogen-bond donors (Lipinski definition) is 1. The van der Waals surface area contributed by atoms with Gasteiger partial charge in [-0.05, 0) is 37.1 Å². The van der Waals surface area contributed by atoms with Crippen LogP contribution >= 0.6 is 11.6 Å². The minimum absolute atomic E-state index is 0.0876. The summed E-state index contributed by atoms with van der Waals surface area (Å²) in [5.74, 6) is -0.551. The summed E-state index contributed by atoms with van der Waals surface area (Å²) < 4.78 is 0. The average Bonchev–Trinajstić information content (AvgIpc) is 2.39. The number of aliphatic hydroxyl groups excluding tert-OH is 1. The molecule has 1 fully saturated rings. The summed E-state index contributed by atoms with van der Waals surface area (Å²) in [4.78, 5) is 22.8. The summed E-state index contributed by atoms with van der Waals surface area (Å²) >= 11 is 5.76. The molecule has 0 amide bonds. The summed E-state index contributed by atoms with van der Waals surface area (Å²) in [6, 6.07) is 5.43. The van der Waals surface area contributed by atoms with E-state index >= 15 is 0 Å². The molecule has 1 saturated carbocycles. The summed E-state index contributed by atoms with van der Waals surface area (Å²) in [5, 5.41) is 21.4. The number of aliphatic hydroxyl groups is 1. The second-order valence-electron chi connectivity index (χ2n) is 5.17. The number of nitro groups is 1. The normalized spacial score (nSPS) is 26.2. The Morgan fingerprint density at radius 1 is 1.35 bits per heavy atom. The van der Waals surface area contributed by atoms with E-state index in [1.807, 2.05) is 0 Å². The van der Waals surface area contributed by atoms with Gasteiger partial charge in [-0.3, -0.25) is 14.9 Å². The molecule has 1 aromatic rings. The van der Waals surface area contributed by atoms with Crippen molar-refractivity contribution in [2.75, 3.05) is 0 Å². The first-order valence-corrected chi connectivity index (χ1v) is 6.97. The maximum Gasteiger partial charge on any atom is 0.241 e. The van der Waals surface area contributed by atoms with Gasteiger partial charge in [0.2, 0.25) is 6.04 Å². The van der Waals surface area contributed by atoms with Crippen LogP contribution in [0.15, 0.2) is 24.3 Å². The third-order valence-corrected chi connectivity index (χ3v) is 4.06. The van der Waals surface area contributed by atoms with Crippen molar-refractivity contribution in [3.63, 3.8) is 0 Å². The lowest BCUT2D eigenvalue weighted by atomic mass is 9.79. The Morgan fingerprint density at radius 2 is 2.00 bits per heavy atom. The first-order valence-electron chi connectivity index (χ1n) is 6.59. The molecule has 0 aliphatic heterocycles. The van der Waals surface area contributed by atoms with Crippen LogP contribution in [0.1, 0.15) is 36.0 Å². The van der Waals surface area contributed by atoms with Gasteiger partial charge in [-0.25, -0.2) is 0 Å². The lowest BCUT2D eigenvalue weighted by Crippen LogP contribution is -2.44. The lowest BCUT2D eigenvalue weighted by molar-refractivity contribution is -0.547. The molecule has 108 valence electrons. The molecule has 2 rings (SSSR count). The molecule has 0 radical (unpaired) electrons. The molecule has 0 bridgehead atoms. The standard InChI is InChI=1S/C14H16ClNO4/c15-11-6-4-9(5-7-11)13(18)8-10-2-1-3-12(17)14(10)16(19)20/h4-7,10,12,14,17H,1-3,8H2. The number of ketones is 1. The fourth-order valence-corrected chi connectivity index (χ4v) is 2.90. The van der Waals surface area contributed by atoms with E-state index in [9.17, 15) is 20.0 Å². The van der Waals surface area contributed by atoms with E-state index in [1.165, 1.54) is 0 Å². The van der Waals surface area contributed by atoms with Crippen molar-refractivity contribution >= 4 is 17.4 Å². The number of carbonyl (C=O) groups excluding carboxylic acids is 1. The van der Waals surface area contributed by atoms with Gasteiger partial charge in [0.05, 0.1) is 0 Å². The fraction of sp³-hybridized carbons (Fsp3) is 0.500. The first-order chi connectivity index (χ1) is 9.49. The predicted octanol–water partition coefficient (Wildman–Crippen LogP) is 2.72. The highest BCUT2D eigenvalue weighted by atomic mass is 35.5. The van der Waals surface area contributed by atoms with Gasteiger partial charge < -0.3 is 5.11 Å². The molecule has 1 aliphatic rings. The maximum atomic E-state index is 12.2. The SMILES string of the molecule is O=C(CC1CCCC(O)C1[N+](=O)[O-])c1ccc(Cl)cc1. The molecule has 1 N–H and O–H groups in total. The summed E-state index contributed by atoms with van der Waals surface area (Å²) in [5.41, 5.74) is 0.497. The highest BCUT2D eigenvalue weighted by Crippen LogP contribution is 2.30. The second kappa shape index (κ2) is 6.33. The van der Waals surface area contributed by atoms with Crippen LogP contribution in [-0.4, -0.2) is 28.0 Å². The summed E-state index contributed by atoms with van der Waals surface area (Å²) in [6.45, 7) is 0. The minimum Gasteiger partial charge on any atom is -0.386 e. The molecule has 0 heterocycles. The maximum absolute atomic E-state index is 12.2. The molecule has 0 saturated heterocycles. The zero-order chi connectivity index (χ0) is 14.7. The van der Waals surface area contributed by atoms with E-state index in [4.69, 9.17) is 11.6 Å². The lowest BCUT2D eigenvalue weighted by Gasteiger charge is -2.28. The Balaban J connectivity index is 2.09. The van der Waals surface area contributed by atoms with Crippen molar-refractivity contribution in [1.82, 2.24) is 0 Å². The van der Waals surface area contributed by atoms with Crippen LogP contribution in [0, 0.1) is 16.0 Å². The van der Waals surface area contributed by atoms with Crippen LogP contribution in [0.25, 0.3) is 0 Å². The molecular formula is C14H16ClNO4. The largest absolute Gasteiger partial charge is 0.386 e. The smallest absolute Gasteiger partial charge is 0.241 e. The van der Waals surface area contributed by atoms with Crippen molar-refractivity contribution in [3.8, 4) is 0 Å². The number of rotatable bonds is 4. The van der Waals surface area contributed by atoms with Crippen molar-refractivity contribution in [2.45, 2.75) is 37.8 Å². The average molecular weight is 298 g/mol. The van der Waals surface area contributed by atoms with E-state index in [0.29, 0.717) is 29.8 Å². The molecule has 6 heteroatoms.